The average Bonchev–Trinajstić information content (AvgIpc) is 3.39. The summed E-state index contributed by atoms with van der Waals surface area (Å²) in [5, 5.41) is 11.0. The molecule has 1 amide bonds. The molecule has 3 aromatic rings. The smallest absolute Gasteiger partial charge is 0.293 e. The lowest BCUT2D eigenvalue weighted by Gasteiger charge is -2.25. The fourth-order valence-corrected chi connectivity index (χ4v) is 4.29. The van der Waals surface area contributed by atoms with E-state index in [1.165, 1.54) is 12.1 Å². The van der Waals surface area contributed by atoms with E-state index in [0.717, 1.165) is 37.6 Å². The van der Waals surface area contributed by atoms with Crippen LogP contribution in [0.15, 0.2) is 47.1 Å². The lowest BCUT2D eigenvalue weighted by atomic mass is 9.89. The summed E-state index contributed by atoms with van der Waals surface area (Å²) in [6.45, 7) is 3.46. The first-order valence-corrected chi connectivity index (χ1v) is 9.39. The molecule has 2 aliphatic rings. The van der Waals surface area contributed by atoms with Crippen molar-refractivity contribution in [3.8, 4) is 0 Å². The third kappa shape index (κ3) is 3.20. The van der Waals surface area contributed by atoms with Crippen molar-refractivity contribution < 1.29 is 13.6 Å². The number of carbonyl (C=O) groups excluding carboxylic acids is 1. The van der Waals surface area contributed by atoms with Gasteiger partial charge in [-0.2, -0.15) is 0 Å². The van der Waals surface area contributed by atoms with Gasteiger partial charge in [0.15, 0.2) is 0 Å². The zero-order chi connectivity index (χ0) is 19.1. The molecule has 5 rings (SSSR count). The standard InChI is InChI=1S/C20H20FN5O2/c21-15-3-1-4-16(8-15)22-20(27)19-24-23-18-7-13-9-25(10-14(13)11-26(18)19)12-17-5-2-6-28-17/h1-6,8,13-14H,7,9-12H2,(H,22,27)/t13-,14-/m1/s1. The predicted octanol–water partition coefficient (Wildman–Crippen LogP) is 2.57. The van der Waals surface area contributed by atoms with Gasteiger partial charge < -0.3 is 14.3 Å². The lowest BCUT2D eigenvalue weighted by molar-refractivity contribution is 0.100. The van der Waals surface area contributed by atoms with Crippen LogP contribution < -0.4 is 5.32 Å². The number of anilines is 1. The number of carbonyl (C=O) groups is 1. The van der Waals surface area contributed by atoms with Crippen LogP contribution in [0, 0.1) is 17.7 Å². The van der Waals surface area contributed by atoms with Gasteiger partial charge in [0.1, 0.15) is 17.4 Å². The molecule has 2 aliphatic heterocycles. The van der Waals surface area contributed by atoms with E-state index in [0.29, 0.717) is 24.1 Å². The largest absolute Gasteiger partial charge is 0.468 e. The summed E-state index contributed by atoms with van der Waals surface area (Å²) in [6, 6.07) is 9.72. The van der Waals surface area contributed by atoms with Crippen molar-refractivity contribution in [1.29, 1.82) is 0 Å². The van der Waals surface area contributed by atoms with Gasteiger partial charge in [0.2, 0.25) is 5.82 Å². The second-order valence-corrected chi connectivity index (χ2v) is 7.51. The maximum absolute atomic E-state index is 13.4. The first kappa shape index (κ1) is 17.1. The fourth-order valence-electron chi connectivity index (χ4n) is 4.29. The Kier molecular flexibility index (Phi) is 4.20. The monoisotopic (exact) mass is 381 g/mol. The first-order chi connectivity index (χ1) is 13.7. The molecule has 28 heavy (non-hydrogen) atoms. The van der Waals surface area contributed by atoms with Crippen LogP contribution in [0.3, 0.4) is 0 Å². The maximum atomic E-state index is 13.4. The molecule has 2 aromatic heterocycles. The van der Waals surface area contributed by atoms with Crippen molar-refractivity contribution in [2.45, 2.75) is 19.5 Å². The number of nitrogens with one attached hydrogen (secondary N) is 1. The lowest BCUT2D eigenvalue weighted by Crippen LogP contribution is -2.31. The third-order valence-corrected chi connectivity index (χ3v) is 5.59. The van der Waals surface area contributed by atoms with Gasteiger partial charge in [0, 0.05) is 31.7 Å². The number of furan rings is 1. The van der Waals surface area contributed by atoms with Gasteiger partial charge in [0.25, 0.3) is 5.91 Å². The van der Waals surface area contributed by atoms with Gasteiger partial charge in [0.05, 0.1) is 12.8 Å². The van der Waals surface area contributed by atoms with Crippen LogP contribution in [0.5, 0.6) is 0 Å². The van der Waals surface area contributed by atoms with Crippen LogP contribution in [-0.4, -0.2) is 38.7 Å². The zero-order valence-electron chi connectivity index (χ0n) is 15.2. The molecule has 144 valence electrons. The molecular formula is C20H20FN5O2. The topological polar surface area (TPSA) is 76.2 Å². The summed E-state index contributed by atoms with van der Waals surface area (Å²) in [7, 11) is 0. The summed E-state index contributed by atoms with van der Waals surface area (Å²) >= 11 is 0. The number of amides is 1. The van der Waals surface area contributed by atoms with E-state index in [2.05, 4.69) is 20.4 Å². The number of rotatable bonds is 4. The number of halogens is 1. The molecule has 0 aliphatic carbocycles. The molecule has 4 heterocycles. The minimum Gasteiger partial charge on any atom is -0.468 e. The Hall–Kier alpha value is -3.00. The van der Waals surface area contributed by atoms with Gasteiger partial charge in [-0.05, 0) is 42.2 Å². The Morgan fingerprint density at radius 3 is 2.89 bits per heavy atom. The van der Waals surface area contributed by atoms with Crippen molar-refractivity contribution in [3.05, 3.63) is 65.9 Å². The molecule has 0 unspecified atom stereocenters. The van der Waals surface area contributed by atoms with E-state index in [9.17, 15) is 9.18 Å². The van der Waals surface area contributed by atoms with Gasteiger partial charge in [-0.3, -0.25) is 9.69 Å². The van der Waals surface area contributed by atoms with E-state index in [-0.39, 0.29) is 11.7 Å². The summed E-state index contributed by atoms with van der Waals surface area (Å²) in [5.41, 5.74) is 0.404. The van der Waals surface area contributed by atoms with Crippen molar-refractivity contribution in [1.82, 2.24) is 19.7 Å². The molecule has 0 saturated carbocycles. The number of benzene rings is 1. The summed E-state index contributed by atoms with van der Waals surface area (Å²) in [6.07, 6.45) is 2.50. The maximum Gasteiger partial charge on any atom is 0.293 e. The van der Waals surface area contributed by atoms with Crippen LogP contribution in [0.2, 0.25) is 0 Å². The van der Waals surface area contributed by atoms with Crippen LogP contribution in [-0.2, 0) is 19.5 Å². The highest BCUT2D eigenvalue weighted by Gasteiger charge is 2.39. The number of likely N-dealkylation sites (tertiary alicyclic amines) is 1. The minimum absolute atomic E-state index is 0.280. The second-order valence-electron chi connectivity index (χ2n) is 7.51. The average molecular weight is 381 g/mol. The number of hydrogen-bond acceptors (Lipinski definition) is 5. The van der Waals surface area contributed by atoms with Gasteiger partial charge in [-0.15, -0.1) is 10.2 Å². The highest BCUT2D eigenvalue weighted by atomic mass is 19.1. The molecule has 1 aromatic carbocycles. The Balaban J connectivity index is 1.29. The van der Waals surface area contributed by atoms with Crippen molar-refractivity contribution in [2.24, 2.45) is 11.8 Å². The van der Waals surface area contributed by atoms with Crippen molar-refractivity contribution in [2.75, 3.05) is 18.4 Å². The van der Waals surface area contributed by atoms with E-state index >= 15 is 0 Å². The van der Waals surface area contributed by atoms with Crippen LogP contribution in [0.4, 0.5) is 10.1 Å². The van der Waals surface area contributed by atoms with Gasteiger partial charge in [-0.1, -0.05) is 6.07 Å². The SMILES string of the molecule is O=C(Nc1cccc(F)c1)c1nnc2n1C[C@H]1CN(Cc3ccco3)C[C@H]1C2. The molecule has 1 fully saturated rings. The van der Waals surface area contributed by atoms with E-state index in [1.807, 2.05) is 16.7 Å². The Morgan fingerprint density at radius 2 is 2.07 bits per heavy atom. The van der Waals surface area contributed by atoms with E-state index in [1.54, 1.807) is 18.4 Å². The molecule has 0 spiro atoms. The van der Waals surface area contributed by atoms with Gasteiger partial charge >= 0.3 is 0 Å². The molecular weight excluding hydrogens is 361 g/mol. The molecule has 1 saturated heterocycles. The normalized spacial score (nSPS) is 21.3. The summed E-state index contributed by atoms with van der Waals surface area (Å²) < 4.78 is 20.7. The molecule has 2 atom stereocenters. The third-order valence-electron chi connectivity index (χ3n) is 5.59. The highest BCUT2D eigenvalue weighted by molar-refractivity contribution is 6.01. The number of hydrogen-bond donors (Lipinski definition) is 1. The Morgan fingerprint density at radius 1 is 1.18 bits per heavy atom. The number of nitrogens with zero attached hydrogens (tertiary/aromatic N) is 4. The summed E-state index contributed by atoms with van der Waals surface area (Å²) in [4.78, 5) is 15.0. The van der Waals surface area contributed by atoms with Gasteiger partial charge in [-0.25, -0.2) is 4.39 Å². The van der Waals surface area contributed by atoms with Crippen molar-refractivity contribution in [3.63, 3.8) is 0 Å². The quantitative estimate of drug-likeness (QED) is 0.752. The Labute approximate surface area is 161 Å². The summed E-state index contributed by atoms with van der Waals surface area (Å²) in [5.74, 6) is 2.27. The van der Waals surface area contributed by atoms with Crippen LogP contribution >= 0.6 is 0 Å². The minimum atomic E-state index is -0.397. The fraction of sp³-hybridized carbons (Fsp3) is 0.350. The number of fused-ring (bicyclic) bond motifs is 2. The molecule has 8 heteroatoms. The Bertz CT molecular complexity index is 1000. The van der Waals surface area contributed by atoms with E-state index < -0.39 is 5.82 Å². The molecule has 0 bridgehead atoms. The highest BCUT2D eigenvalue weighted by Crippen LogP contribution is 2.33. The molecule has 7 nitrogen and oxygen atoms in total. The molecule has 0 radical (unpaired) electrons. The second kappa shape index (κ2) is 6.87. The number of aromatic nitrogens is 3. The molecule has 1 N–H and O–H groups in total. The van der Waals surface area contributed by atoms with Crippen molar-refractivity contribution >= 4 is 11.6 Å². The predicted molar refractivity (Wildman–Crippen MR) is 99.0 cm³/mol. The first-order valence-electron chi connectivity index (χ1n) is 9.39. The van der Waals surface area contributed by atoms with Crippen LogP contribution in [0.25, 0.3) is 0 Å². The van der Waals surface area contributed by atoms with Crippen LogP contribution in [0.1, 0.15) is 22.2 Å². The van der Waals surface area contributed by atoms with E-state index in [4.69, 9.17) is 4.42 Å². The zero-order valence-corrected chi connectivity index (χ0v) is 15.2.